The van der Waals surface area contributed by atoms with Gasteiger partial charge in [0.15, 0.2) is 5.96 Å². The molecule has 7 amide bonds. The number of amides is 7. The maximum absolute atomic E-state index is 14.4. The normalized spacial score (nSPS) is 23.9. The van der Waals surface area contributed by atoms with Crippen LogP contribution < -0.4 is 43.8 Å². The lowest BCUT2D eigenvalue weighted by molar-refractivity contribution is -0.143. The molecule has 0 spiro atoms. The lowest BCUT2D eigenvalue weighted by Gasteiger charge is -2.30. The number of hydrogen-bond donors (Lipinski definition) is 10. The first kappa shape index (κ1) is 43.2. The Labute approximate surface area is 329 Å². The predicted octanol–water partition coefficient (Wildman–Crippen LogP) is -1.92. The van der Waals surface area contributed by atoms with Crippen molar-refractivity contribution in [3.8, 4) is 0 Å². The van der Waals surface area contributed by atoms with Gasteiger partial charge in [-0.2, -0.15) is 0 Å². The van der Waals surface area contributed by atoms with E-state index in [4.69, 9.17) is 17.2 Å². The van der Waals surface area contributed by atoms with Gasteiger partial charge in [-0.1, -0.05) is 39.8 Å². The van der Waals surface area contributed by atoms with E-state index in [-0.39, 0.29) is 49.8 Å². The summed E-state index contributed by atoms with van der Waals surface area (Å²) in [6, 6.07) is 0.576. The van der Waals surface area contributed by atoms with Gasteiger partial charge in [0.05, 0.1) is 13.0 Å². The van der Waals surface area contributed by atoms with Crippen molar-refractivity contribution in [2.75, 3.05) is 31.1 Å². The van der Waals surface area contributed by atoms with Crippen molar-refractivity contribution in [3.63, 3.8) is 0 Å². The summed E-state index contributed by atoms with van der Waals surface area (Å²) in [4.78, 5) is 114. The zero-order chi connectivity index (χ0) is 40.8. The molecule has 20 nitrogen and oxygen atoms in total. The highest BCUT2D eigenvalue weighted by atomic mass is 33.1. The number of guanidine groups is 1. The molecule has 4 rings (SSSR count). The number of carboxylic acids is 1. The topological polar surface area (TPSA) is 326 Å². The predicted molar refractivity (Wildman–Crippen MR) is 208 cm³/mol. The van der Waals surface area contributed by atoms with E-state index in [0.29, 0.717) is 35.7 Å². The number of unbranched alkanes of at least 4 members (excludes halogenated alkanes) is 1. The van der Waals surface area contributed by atoms with Gasteiger partial charge < -0.3 is 58.8 Å². The van der Waals surface area contributed by atoms with Gasteiger partial charge in [-0.05, 0) is 38.2 Å². The second-order valence-electron chi connectivity index (χ2n) is 13.1. The van der Waals surface area contributed by atoms with Crippen molar-refractivity contribution in [1.82, 2.24) is 36.5 Å². The number of carboxylic acid groups (broad SMARTS) is 1. The highest BCUT2D eigenvalue weighted by molar-refractivity contribution is 8.76. The molecule has 3 heterocycles. The van der Waals surface area contributed by atoms with Crippen molar-refractivity contribution in [3.05, 3.63) is 36.0 Å². The number of para-hydroxylation sites is 1. The molecule has 1 aromatic carbocycles. The summed E-state index contributed by atoms with van der Waals surface area (Å²) in [5, 5.41) is 22.9. The van der Waals surface area contributed by atoms with E-state index in [0.717, 1.165) is 0 Å². The second-order valence-corrected chi connectivity index (χ2v) is 15.7. The van der Waals surface area contributed by atoms with Crippen molar-refractivity contribution in [1.29, 1.82) is 0 Å². The van der Waals surface area contributed by atoms with Gasteiger partial charge in [-0.15, -0.1) is 0 Å². The van der Waals surface area contributed by atoms with Crippen LogP contribution in [0.1, 0.15) is 56.6 Å². The Bertz CT molecular complexity index is 1820. The third-order valence-corrected chi connectivity index (χ3v) is 11.4. The Kier molecular flexibility index (Phi) is 16.2. The van der Waals surface area contributed by atoms with Crippen molar-refractivity contribution in [2.45, 2.75) is 75.2 Å². The summed E-state index contributed by atoms with van der Waals surface area (Å²) in [6.45, 7) is -0.260. The molecular weight excluding hydrogens is 771 g/mol. The average Bonchev–Trinajstić information content (AvgIpc) is 3.81. The molecule has 0 aliphatic carbocycles. The highest BCUT2D eigenvalue weighted by Gasteiger charge is 2.41. The van der Waals surface area contributed by atoms with Gasteiger partial charge in [-0.3, -0.25) is 43.3 Å². The number of benzene rings is 1. The third kappa shape index (κ3) is 12.5. The lowest BCUT2D eigenvalue weighted by Crippen LogP contribution is -2.56. The molecule has 2 aliphatic heterocycles. The van der Waals surface area contributed by atoms with Gasteiger partial charge in [0.2, 0.25) is 35.4 Å². The minimum atomic E-state index is -1.70. The van der Waals surface area contributed by atoms with Crippen LogP contribution >= 0.6 is 21.6 Å². The number of aromatic amines is 1. The molecule has 22 heteroatoms. The standard InChI is InChI=1S/C34H47N11O9S2/c35-29(50)23-17-56-55-13-10-25(46)41-21(8-3-4-11-38-34(36)37)30(51)40-16-26(47)42-22(14-27(48)49)31(52)44-28(19-15-39-20-7-2-1-6-18(19)20)33(54)45-12-5-9-24(45)32(53)43-23/h1-2,6-7,15,21-24,28,39H,3-5,8-14,16-17H2,(H2,35,50)(H,40,51)(H,41,46)(H,42,47)(H,43,53)(H,44,52)(H,48,49)(H4,36,37,38)/t21-,22-,23-,24-,28+/m0/s1. The van der Waals surface area contributed by atoms with E-state index in [1.54, 1.807) is 24.3 Å². The zero-order valence-corrected chi connectivity index (χ0v) is 32.0. The van der Waals surface area contributed by atoms with Crippen LogP contribution in [0.5, 0.6) is 0 Å². The first-order chi connectivity index (χ1) is 26.7. The van der Waals surface area contributed by atoms with Crippen LogP contribution in [0.4, 0.5) is 0 Å². The van der Waals surface area contributed by atoms with Gasteiger partial charge in [0.1, 0.15) is 30.2 Å². The summed E-state index contributed by atoms with van der Waals surface area (Å²) in [6.07, 6.45) is 2.34. The number of hydrogen-bond acceptors (Lipinski definition) is 11. The minimum Gasteiger partial charge on any atom is -0.481 e. The number of primary amides is 1. The number of fused-ring (bicyclic) bond motifs is 2. The smallest absolute Gasteiger partial charge is 0.305 e. The largest absolute Gasteiger partial charge is 0.481 e. The van der Waals surface area contributed by atoms with Gasteiger partial charge in [-0.25, -0.2) is 0 Å². The van der Waals surface area contributed by atoms with Crippen molar-refractivity contribution < 1.29 is 43.5 Å². The fourth-order valence-electron chi connectivity index (χ4n) is 6.21. The van der Waals surface area contributed by atoms with E-state index in [9.17, 15) is 43.5 Å². The molecule has 0 bridgehead atoms. The number of rotatable bonds is 9. The number of aliphatic imine (C=N–C) groups is 1. The molecule has 2 aromatic rings. The van der Waals surface area contributed by atoms with Crippen LogP contribution in [0.25, 0.3) is 10.9 Å². The first-order valence-corrected chi connectivity index (χ1v) is 20.4. The van der Waals surface area contributed by atoms with Gasteiger partial charge in [0, 0.05) is 53.7 Å². The maximum atomic E-state index is 14.4. The van der Waals surface area contributed by atoms with Gasteiger partial charge >= 0.3 is 5.97 Å². The fourth-order valence-corrected chi connectivity index (χ4v) is 8.38. The summed E-state index contributed by atoms with van der Waals surface area (Å²) < 4.78 is 0. The van der Waals surface area contributed by atoms with Gasteiger partial charge in [0.25, 0.3) is 5.91 Å². The number of nitrogens with one attached hydrogen (secondary N) is 6. The number of nitrogens with zero attached hydrogens (tertiary/aromatic N) is 2. The number of carbonyl (C=O) groups is 8. The summed E-state index contributed by atoms with van der Waals surface area (Å²) in [5.74, 6) is -6.47. The number of carbonyl (C=O) groups excluding carboxylic acids is 7. The molecule has 0 radical (unpaired) electrons. The minimum absolute atomic E-state index is 0.0216. The van der Waals surface area contributed by atoms with Crippen LogP contribution in [0.3, 0.4) is 0 Å². The Hall–Kier alpha value is -5.51. The summed E-state index contributed by atoms with van der Waals surface area (Å²) >= 11 is 0. The molecule has 56 heavy (non-hydrogen) atoms. The molecule has 13 N–H and O–H groups in total. The van der Waals surface area contributed by atoms with E-state index in [1.165, 1.54) is 32.7 Å². The number of nitrogens with two attached hydrogens (primary N) is 3. The number of aromatic nitrogens is 1. The third-order valence-electron chi connectivity index (χ3n) is 9.00. The van der Waals surface area contributed by atoms with Crippen molar-refractivity contribution >= 4 is 85.8 Å². The monoisotopic (exact) mass is 817 g/mol. The molecule has 5 atom stereocenters. The average molecular weight is 818 g/mol. The highest BCUT2D eigenvalue weighted by Crippen LogP contribution is 2.29. The SMILES string of the molecule is NC(=O)[C@@H]1CSSCCC(=O)N[C@@H](CCCCN=C(N)N)C(=O)NCC(=O)N[C@@H](CC(=O)O)C(=O)N[C@H](c2c[nH]c3ccccc23)C(=O)N2CCC[C@H]2C(=O)N1. The maximum Gasteiger partial charge on any atom is 0.305 e. The van der Waals surface area contributed by atoms with E-state index in [2.05, 4.69) is 36.6 Å². The molecule has 2 fully saturated rings. The summed E-state index contributed by atoms with van der Waals surface area (Å²) in [5.41, 5.74) is 17.3. The lowest BCUT2D eigenvalue weighted by atomic mass is 10.0. The van der Waals surface area contributed by atoms with E-state index in [1.807, 2.05) is 0 Å². The van der Waals surface area contributed by atoms with Crippen LogP contribution in [-0.4, -0.2) is 124 Å². The first-order valence-electron chi connectivity index (χ1n) is 17.9. The Morgan fingerprint density at radius 1 is 0.893 bits per heavy atom. The van der Waals surface area contributed by atoms with Crippen molar-refractivity contribution in [2.24, 2.45) is 22.2 Å². The molecule has 2 aliphatic rings. The van der Waals surface area contributed by atoms with Crippen LogP contribution in [0, 0.1) is 0 Å². The van der Waals surface area contributed by atoms with Crippen LogP contribution in [0.2, 0.25) is 0 Å². The van der Waals surface area contributed by atoms with E-state index >= 15 is 0 Å². The summed E-state index contributed by atoms with van der Waals surface area (Å²) in [7, 11) is 2.44. The quantitative estimate of drug-likeness (QED) is 0.0572. The molecule has 2 saturated heterocycles. The molecule has 0 saturated carbocycles. The Morgan fingerprint density at radius 2 is 1.64 bits per heavy atom. The second kappa shape index (κ2) is 21.0. The number of H-pyrrole nitrogens is 1. The molecular formula is C34H47N11O9S2. The van der Waals surface area contributed by atoms with E-state index < -0.39 is 90.5 Å². The molecule has 0 unspecified atom stereocenters. The Morgan fingerprint density at radius 3 is 2.38 bits per heavy atom. The number of aliphatic carboxylic acids is 1. The fraction of sp³-hybridized carbons (Fsp3) is 0.500. The van der Waals surface area contributed by atoms with Crippen LogP contribution in [0.15, 0.2) is 35.5 Å². The molecule has 1 aromatic heterocycles. The van der Waals surface area contributed by atoms with Crippen LogP contribution in [-0.2, 0) is 38.4 Å². The Balaban J connectivity index is 1.64. The zero-order valence-electron chi connectivity index (χ0n) is 30.4. The molecule has 304 valence electrons.